The summed E-state index contributed by atoms with van der Waals surface area (Å²) in [6.45, 7) is 2.13. The Balaban J connectivity index is 1.55. The Morgan fingerprint density at radius 2 is 2.13 bits per heavy atom. The molecule has 1 saturated heterocycles. The van der Waals surface area contributed by atoms with Crippen molar-refractivity contribution < 1.29 is 9.53 Å². The topological polar surface area (TPSA) is 57.4 Å². The number of ether oxygens (including phenoxy) is 1. The molecule has 1 fully saturated rings. The van der Waals surface area contributed by atoms with Crippen molar-refractivity contribution in [1.82, 2.24) is 9.88 Å². The van der Waals surface area contributed by atoms with Crippen molar-refractivity contribution in [3.05, 3.63) is 48.3 Å². The van der Waals surface area contributed by atoms with E-state index in [2.05, 4.69) is 22.2 Å². The van der Waals surface area contributed by atoms with E-state index in [-0.39, 0.29) is 12.0 Å². The summed E-state index contributed by atoms with van der Waals surface area (Å²) >= 11 is 0. The molecule has 0 atom stereocenters. The summed E-state index contributed by atoms with van der Waals surface area (Å²) in [5.41, 5.74) is 1.67. The van der Waals surface area contributed by atoms with Gasteiger partial charge in [0.1, 0.15) is 11.9 Å². The Hall–Kier alpha value is -2.27. The van der Waals surface area contributed by atoms with Gasteiger partial charge in [0, 0.05) is 36.7 Å². The first-order valence-electron chi connectivity index (χ1n) is 8.06. The zero-order valence-electron chi connectivity index (χ0n) is 13.4. The molecule has 1 aromatic heterocycles. The fourth-order valence-corrected chi connectivity index (χ4v) is 2.80. The molecular weight excluding hydrogens is 290 g/mol. The number of carbonyl (C=O) groups excluding carboxylic acids is 1. The van der Waals surface area contributed by atoms with E-state index in [1.54, 1.807) is 0 Å². The summed E-state index contributed by atoms with van der Waals surface area (Å²) in [6.07, 6.45) is 4.50. The molecular formula is C18H23N3O2. The van der Waals surface area contributed by atoms with Crippen LogP contribution in [0.5, 0.6) is 5.75 Å². The summed E-state index contributed by atoms with van der Waals surface area (Å²) in [5.74, 6) is 0.779. The van der Waals surface area contributed by atoms with Crippen molar-refractivity contribution in [3.8, 4) is 5.75 Å². The third-order valence-electron chi connectivity index (χ3n) is 4.10. The zero-order valence-corrected chi connectivity index (χ0v) is 13.4. The summed E-state index contributed by atoms with van der Waals surface area (Å²) in [4.78, 5) is 17.4. The van der Waals surface area contributed by atoms with Crippen molar-refractivity contribution in [1.29, 1.82) is 0 Å². The summed E-state index contributed by atoms with van der Waals surface area (Å²) in [7, 11) is 2.14. The Bertz CT molecular complexity index is 631. The van der Waals surface area contributed by atoms with Gasteiger partial charge in [0.05, 0.1) is 6.42 Å². The molecule has 2 N–H and O–H groups in total. The van der Waals surface area contributed by atoms with E-state index in [0.717, 1.165) is 43.1 Å². The smallest absolute Gasteiger partial charge is 0.230 e. The number of piperidine rings is 1. The molecule has 0 spiro atoms. The van der Waals surface area contributed by atoms with Crippen LogP contribution in [0.1, 0.15) is 18.5 Å². The molecule has 5 nitrogen and oxygen atoms in total. The standard InChI is InChI=1S/C18H23N3O2/c1-21-10-7-16(8-11-21)23-17-6-2-4-15(12-17)20-18(22)13-14-5-3-9-19-14/h2-6,9,12,16,19H,7-8,10-11,13H2,1H3,(H,20,22). The lowest BCUT2D eigenvalue weighted by Gasteiger charge is -2.29. The lowest BCUT2D eigenvalue weighted by Crippen LogP contribution is -2.35. The first-order valence-corrected chi connectivity index (χ1v) is 8.06. The van der Waals surface area contributed by atoms with Crippen LogP contribution < -0.4 is 10.1 Å². The molecule has 1 aromatic carbocycles. The van der Waals surface area contributed by atoms with Crippen LogP contribution in [-0.2, 0) is 11.2 Å². The minimum atomic E-state index is -0.0381. The number of rotatable bonds is 5. The zero-order chi connectivity index (χ0) is 16.1. The highest BCUT2D eigenvalue weighted by Crippen LogP contribution is 2.22. The maximum Gasteiger partial charge on any atom is 0.230 e. The lowest BCUT2D eigenvalue weighted by molar-refractivity contribution is -0.115. The number of carbonyl (C=O) groups is 1. The molecule has 3 rings (SSSR count). The highest BCUT2D eigenvalue weighted by Gasteiger charge is 2.18. The van der Waals surface area contributed by atoms with Crippen LogP contribution >= 0.6 is 0 Å². The minimum absolute atomic E-state index is 0.0381. The van der Waals surface area contributed by atoms with Gasteiger partial charge >= 0.3 is 0 Å². The number of aromatic amines is 1. The number of nitrogens with one attached hydrogen (secondary N) is 2. The predicted molar refractivity (Wildman–Crippen MR) is 90.7 cm³/mol. The maximum absolute atomic E-state index is 12.0. The lowest BCUT2D eigenvalue weighted by atomic mass is 10.1. The van der Waals surface area contributed by atoms with Crippen LogP contribution in [0.25, 0.3) is 0 Å². The molecule has 2 heterocycles. The molecule has 23 heavy (non-hydrogen) atoms. The number of hydrogen-bond acceptors (Lipinski definition) is 3. The largest absolute Gasteiger partial charge is 0.490 e. The molecule has 1 amide bonds. The van der Waals surface area contributed by atoms with Gasteiger partial charge in [0.15, 0.2) is 0 Å². The number of H-pyrrole nitrogens is 1. The van der Waals surface area contributed by atoms with E-state index >= 15 is 0 Å². The highest BCUT2D eigenvalue weighted by atomic mass is 16.5. The van der Waals surface area contributed by atoms with Gasteiger partial charge in [-0.05, 0) is 44.2 Å². The van der Waals surface area contributed by atoms with Gasteiger partial charge in [-0.2, -0.15) is 0 Å². The van der Waals surface area contributed by atoms with E-state index in [9.17, 15) is 4.79 Å². The normalized spacial score (nSPS) is 16.2. The SMILES string of the molecule is CN1CCC(Oc2cccc(NC(=O)Cc3ccc[nH]3)c2)CC1. The minimum Gasteiger partial charge on any atom is -0.490 e. The van der Waals surface area contributed by atoms with Crippen LogP contribution in [-0.4, -0.2) is 42.0 Å². The fourth-order valence-electron chi connectivity index (χ4n) is 2.80. The van der Waals surface area contributed by atoms with E-state index in [1.165, 1.54) is 0 Å². The fraction of sp³-hybridized carbons (Fsp3) is 0.389. The average molecular weight is 313 g/mol. The second-order valence-electron chi connectivity index (χ2n) is 6.07. The third kappa shape index (κ3) is 4.60. The third-order valence-corrected chi connectivity index (χ3v) is 4.10. The quantitative estimate of drug-likeness (QED) is 0.892. The number of likely N-dealkylation sites (tertiary alicyclic amines) is 1. The van der Waals surface area contributed by atoms with Crippen molar-refractivity contribution >= 4 is 11.6 Å². The molecule has 0 aliphatic carbocycles. The number of benzene rings is 1. The van der Waals surface area contributed by atoms with Crippen LogP contribution in [0, 0.1) is 0 Å². The van der Waals surface area contributed by atoms with Gasteiger partial charge in [0.2, 0.25) is 5.91 Å². The van der Waals surface area contributed by atoms with Crippen molar-refractivity contribution in [3.63, 3.8) is 0 Å². The second-order valence-corrected chi connectivity index (χ2v) is 6.07. The monoisotopic (exact) mass is 313 g/mol. The predicted octanol–water partition coefficient (Wildman–Crippen LogP) is 2.67. The molecule has 0 unspecified atom stereocenters. The maximum atomic E-state index is 12.0. The molecule has 0 bridgehead atoms. The summed E-state index contributed by atoms with van der Waals surface area (Å²) in [5, 5.41) is 2.92. The van der Waals surface area contributed by atoms with Gasteiger partial charge < -0.3 is 19.9 Å². The van der Waals surface area contributed by atoms with Crippen LogP contribution in [0.3, 0.4) is 0 Å². The number of anilines is 1. The first kappa shape index (κ1) is 15.6. The Morgan fingerprint density at radius 3 is 2.87 bits per heavy atom. The Morgan fingerprint density at radius 1 is 1.30 bits per heavy atom. The molecule has 0 saturated carbocycles. The molecule has 122 valence electrons. The van der Waals surface area contributed by atoms with Crippen molar-refractivity contribution in [2.24, 2.45) is 0 Å². The number of amides is 1. The number of hydrogen-bond donors (Lipinski definition) is 2. The van der Waals surface area contributed by atoms with Gasteiger partial charge in [-0.1, -0.05) is 6.07 Å². The second kappa shape index (κ2) is 7.33. The summed E-state index contributed by atoms with van der Waals surface area (Å²) in [6, 6.07) is 11.4. The van der Waals surface area contributed by atoms with Gasteiger partial charge in [0.25, 0.3) is 0 Å². The Kier molecular flexibility index (Phi) is 4.98. The van der Waals surface area contributed by atoms with Gasteiger partial charge in [-0.3, -0.25) is 4.79 Å². The van der Waals surface area contributed by atoms with Gasteiger partial charge in [-0.15, -0.1) is 0 Å². The van der Waals surface area contributed by atoms with Crippen LogP contribution in [0.2, 0.25) is 0 Å². The highest BCUT2D eigenvalue weighted by molar-refractivity contribution is 5.92. The van der Waals surface area contributed by atoms with Gasteiger partial charge in [-0.25, -0.2) is 0 Å². The molecule has 0 radical (unpaired) electrons. The number of nitrogens with zero attached hydrogens (tertiary/aromatic N) is 1. The average Bonchev–Trinajstić information content (AvgIpc) is 3.03. The molecule has 1 aliphatic rings. The van der Waals surface area contributed by atoms with Crippen LogP contribution in [0.4, 0.5) is 5.69 Å². The van der Waals surface area contributed by atoms with E-state index < -0.39 is 0 Å². The first-order chi connectivity index (χ1) is 11.2. The van der Waals surface area contributed by atoms with E-state index in [4.69, 9.17) is 4.74 Å². The molecule has 5 heteroatoms. The number of aromatic nitrogens is 1. The Labute approximate surface area is 136 Å². The summed E-state index contributed by atoms with van der Waals surface area (Å²) < 4.78 is 6.05. The van der Waals surface area contributed by atoms with Crippen LogP contribution in [0.15, 0.2) is 42.6 Å². The van der Waals surface area contributed by atoms with Crippen molar-refractivity contribution in [2.45, 2.75) is 25.4 Å². The molecule has 1 aliphatic heterocycles. The van der Waals surface area contributed by atoms with Crippen molar-refractivity contribution in [2.75, 3.05) is 25.5 Å². The molecule has 2 aromatic rings. The van der Waals surface area contributed by atoms with E-state index in [1.807, 2.05) is 42.6 Å². The van der Waals surface area contributed by atoms with E-state index in [0.29, 0.717) is 6.42 Å².